The molecule has 2 rings (SSSR count). The number of aromatic amines is 1. The van der Waals surface area contributed by atoms with Gasteiger partial charge in [0.15, 0.2) is 0 Å². The summed E-state index contributed by atoms with van der Waals surface area (Å²) in [4.78, 5) is 29.9. The molecule has 1 heterocycles. The number of aryl methyl sites for hydroxylation is 1. The molecule has 4 nitrogen and oxygen atoms in total. The molecule has 1 fully saturated rings. The summed E-state index contributed by atoms with van der Waals surface area (Å²) in [6.45, 7) is 3.32. The van der Waals surface area contributed by atoms with Gasteiger partial charge in [-0.25, -0.2) is 4.98 Å². The number of hydrogen-bond acceptors (Lipinski definition) is 3. The molecule has 4 heteroatoms. The van der Waals surface area contributed by atoms with Gasteiger partial charge >= 0.3 is 0 Å². The van der Waals surface area contributed by atoms with Crippen molar-refractivity contribution in [1.82, 2.24) is 9.97 Å². The molecule has 0 unspecified atom stereocenters. The Hall–Kier alpha value is -1.45. The molecule has 0 amide bonds. The van der Waals surface area contributed by atoms with Gasteiger partial charge in [0.1, 0.15) is 11.6 Å². The van der Waals surface area contributed by atoms with Crippen molar-refractivity contribution in [3.05, 3.63) is 27.4 Å². The molecule has 0 aromatic carbocycles. The lowest BCUT2D eigenvalue weighted by Crippen LogP contribution is -2.18. The Balaban J connectivity index is 2.27. The maximum atomic E-state index is 11.7. The second-order valence-corrected chi connectivity index (χ2v) is 4.50. The van der Waals surface area contributed by atoms with Gasteiger partial charge in [-0.1, -0.05) is 0 Å². The number of nitrogens with zero attached hydrogens (tertiary/aromatic N) is 1. The molecular weight excluding hydrogens is 204 g/mol. The third kappa shape index (κ3) is 2.38. The highest BCUT2D eigenvalue weighted by Crippen LogP contribution is 2.37. The average Bonchev–Trinajstić information content (AvgIpc) is 3.03. The van der Waals surface area contributed by atoms with Crippen LogP contribution in [-0.2, 0) is 11.2 Å². The Morgan fingerprint density at radius 3 is 2.75 bits per heavy atom. The van der Waals surface area contributed by atoms with Gasteiger partial charge in [-0.2, -0.15) is 0 Å². The van der Waals surface area contributed by atoms with Crippen LogP contribution in [0.15, 0.2) is 4.79 Å². The summed E-state index contributed by atoms with van der Waals surface area (Å²) in [5, 5.41) is 0. The second-order valence-electron chi connectivity index (χ2n) is 4.50. The number of aromatic nitrogens is 2. The molecule has 0 bridgehead atoms. The molecule has 1 aliphatic rings. The van der Waals surface area contributed by atoms with E-state index in [1.54, 1.807) is 13.8 Å². The van der Waals surface area contributed by atoms with Crippen molar-refractivity contribution in [3.63, 3.8) is 0 Å². The molecule has 0 spiro atoms. The Morgan fingerprint density at radius 1 is 1.50 bits per heavy atom. The van der Waals surface area contributed by atoms with E-state index in [1.807, 2.05) is 0 Å². The number of hydrogen-bond donors (Lipinski definition) is 1. The molecule has 0 saturated heterocycles. The van der Waals surface area contributed by atoms with Gasteiger partial charge in [0, 0.05) is 17.9 Å². The minimum Gasteiger partial charge on any atom is -0.310 e. The molecule has 1 aliphatic carbocycles. The van der Waals surface area contributed by atoms with E-state index in [1.165, 1.54) is 0 Å². The molecule has 0 atom stereocenters. The zero-order valence-corrected chi connectivity index (χ0v) is 9.67. The fourth-order valence-electron chi connectivity index (χ4n) is 1.69. The van der Waals surface area contributed by atoms with E-state index in [0.29, 0.717) is 24.3 Å². The Bertz CT molecular complexity index is 472. The summed E-state index contributed by atoms with van der Waals surface area (Å²) in [6.07, 6.45) is 3.25. The van der Waals surface area contributed by atoms with E-state index in [0.717, 1.165) is 24.4 Å². The third-order valence-electron chi connectivity index (χ3n) is 2.95. The maximum absolute atomic E-state index is 11.7. The summed E-state index contributed by atoms with van der Waals surface area (Å²) in [7, 11) is 0. The summed E-state index contributed by atoms with van der Waals surface area (Å²) in [6, 6.07) is 0. The molecule has 1 N–H and O–H groups in total. The Labute approximate surface area is 94.1 Å². The number of Topliss-reactive ketones (excluding diaryl/α,β-unsaturated/α-hetero) is 1. The molecule has 1 aromatic heterocycles. The van der Waals surface area contributed by atoms with Crippen LogP contribution in [0.1, 0.15) is 49.2 Å². The first-order valence-electron chi connectivity index (χ1n) is 5.67. The van der Waals surface area contributed by atoms with Crippen LogP contribution in [0.3, 0.4) is 0 Å². The number of ketones is 1. The number of nitrogens with one attached hydrogen (secondary N) is 1. The summed E-state index contributed by atoms with van der Waals surface area (Å²) >= 11 is 0. The monoisotopic (exact) mass is 220 g/mol. The quantitative estimate of drug-likeness (QED) is 0.835. The number of H-pyrrole nitrogens is 1. The van der Waals surface area contributed by atoms with Gasteiger partial charge in [-0.15, -0.1) is 0 Å². The molecule has 0 radical (unpaired) electrons. The molecule has 1 aromatic rings. The first kappa shape index (κ1) is 11.0. The second kappa shape index (κ2) is 4.20. The highest BCUT2D eigenvalue weighted by atomic mass is 16.1. The van der Waals surface area contributed by atoms with Crippen LogP contribution < -0.4 is 5.56 Å². The molecule has 86 valence electrons. The maximum Gasteiger partial charge on any atom is 0.254 e. The predicted octanol–water partition coefficient (Wildman–Crippen LogP) is 1.48. The molecular formula is C12H16N2O2. The summed E-state index contributed by atoms with van der Waals surface area (Å²) in [5.41, 5.74) is 1.36. The third-order valence-corrected chi connectivity index (χ3v) is 2.95. The normalized spacial score (nSPS) is 15.1. The fourth-order valence-corrected chi connectivity index (χ4v) is 1.69. The molecule has 0 aliphatic heterocycles. The van der Waals surface area contributed by atoms with Crippen LogP contribution in [0.25, 0.3) is 0 Å². The van der Waals surface area contributed by atoms with Crippen molar-refractivity contribution in [3.8, 4) is 0 Å². The standard InChI is InChI=1S/C12H16N2O2/c1-7(15)3-6-10-8(2)12(16)14-11(13-10)9-4-5-9/h9H,3-6H2,1-2H3,(H,13,14,16). The zero-order chi connectivity index (χ0) is 11.7. The van der Waals surface area contributed by atoms with Gasteiger partial charge in [0.05, 0.1) is 5.69 Å². The highest BCUT2D eigenvalue weighted by molar-refractivity contribution is 5.75. The molecule has 1 saturated carbocycles. The van der Waals surface area contributed by atoms with Crippen molar-refractivity contribution in [2.24, 2.45) is 0 Å². The van der Waals surface area contributed by atoms with Gasteiger partial charge in [-0.3, -0.25) is 4.79 Å². The van der Waals surface area contributed by atoms with E-state index in [4.69, 9.17) is 0 Å². The highest BCUT2D eigenvalue weighted by Gasteiger charge is 2.26. The van der Waals surface area contributed by atoms with Gasteiger partial charge in [-0.05, 0) is 33.1 Å². The van der Waals surface area contributed by atoms with E-state index in [-0.39, 0.29) is 11.3 Å². The summed E-state index contributed by atoms with van der Waals surface area (Å²) < 4.78 is 0. The Kier molecular flexibility index (Phi) is 2.90. The minimum atomic E-state index is -0.0598. The lowest BCUT2D eigenvalue weighted by Gasteiger charge is -2.05. The van der Waals surface area contributed by atoms with Crippen molar-refractivity contribution in [2.45, 2.75) is 45.4 Å². The van der Waals surface area contributed by atoms with Crippen molar-refractivity contribution in [1.29, 1.82) is 0 Å². The van der Waals surface area contributed by atoms with Crippen LogP contribution in [0.2, 0.25) is 0 Å². The number of rotatable bonds is 4. The van der Waals surface area contributed by atoms with E-state index in [9.17, 15) is 9.59 Å². The van der Waals surface area contributed by atoms with E-state index >= 15 is 0 Å². The Morgan fingerprint density at radius 2 is 2.19 bits per heavy atom. The first-order chi connectivity index (χ1) is 7.58. The minimum absolute atomic E-state index is 0.0598. The van der Waals surface area contributed by atoms with Gasteiger partial charge in [0.2, 0.25) is 0 Å². The van der Waals surface area contributed by atoms with Crippen molar-refractivity contribution in [2.75, 3.05) is 0 Å². The van der Waals surface area contributed by atoms with Crippen molar-refractivity contribution >= 4 is 5.78 Å². The van der Waals surface area contributed by atoms with E-state index in [2.05, 4.69) is 9.97 Å². The first-order valence-corrected chi connectivity index (χ1v) is 5.67. The average molecular weight is 220 g/mol. The topological polar surface area (TPSA) is 62.8 Å². The number of carbonyl (C=O) groups excluding carboxylic acids is 1. The van der Waals surface area contributed by atoms with E-state index < -0.39 is 0 Å². The molecule has 16 heavy (non-hydrogen) atoms. The van der Waals surface area contributed by atoms with Gasteiger partial charge < -0.3 is 9.78 Å². The van der Waals surface area contributed by atoms with Crippen molar-refractivity contribution < 1.29 is 4.79 Å². The van der Waals surface area contributed by atoms with Crippen LogP contribution >= 0.6 is 0 Å². The smallest absolute Gasteiger partial charge is 0.254 e. The van der Waals surface area contributed by atoms with Gasteiger partial charge in [0.25, 0.3) is 5.56 Å². The zero-order valence-electron chi connectivity index (χ0n) is 9.67. The van der Waals surface area contributed by atoms with Crippen LogP contribution in [0, 0.1) is 6.92 Å². The lowest BCUT2D eigenvalue weighted by molar-refractivity contribution is -0.116. The SMILES string of the molecule is CC(=O)CCc1nc(C2CC2)[nH]c(=O)c1C. The lowest BCUT2D eigenvalue weighted by atomic mass is 10.1. The van der Waals surface area contributed by atoms with Crippen LogP contribution in [0.5, 0.6) is 0 Å². The largest absolute Gasteiger partial charge is 0.310 e. The fraction of sp³-hybridized carbons (Fsp3) is 0.583. The predicted molar refractivity (Wildman–Crippen MR) is 60.6 cm³/mol. The summed E-state index contributed by atoms with van der Waals surface area (Å²) in [5.74, 6) is 1.37. The number of carbonyl (C=O) groups is 1. The van der Waals surface area contributed by atoms with Crippen LogP contribution in [-0.4, -0.2) is 15.8 Å². The van der Waals surface area contributed by atoms with Crippen LogP contribution in [0.4, 0.5) is 0 Å².